The summed E-state index contributed by atoms with van der Waals surface area (Å²) < 4.78 is 0. The molecule has 1 aromatic rings. The second kappa shape index (κ2) is 7.33. The average Bonchev–Trinajstić information content (AvgIpc) is 2.91. The van der Waals surface area contributed by atoms with Crippen molar-refractivity contribution < 1.29 is 0 Å². The van der Waals surface area contributed by atoms with Crippen LogP contribution in [-0.4, -0.2) is 19.6 Å². The summed E-state index contributed by atoms with van der Waals surface area (Å²) in [5, 5.41) is 4.34. The van der Waals surface area contributed by atoms with Gasteiger partial charge in [-0.3, -0.25) is 0 Å². The van der Waals surface area contributed by atoms with Crippen LogP contribution in [0.3, 0.4) is 0 Å². The summed E-state index contributed by atoms with van der Waals surface area (Å²) in [6.07, 6.45) is 5.29. The number of hydrogen-bond acceptors (Lipinski definition) is 2. The molecule has 0 amide bonds. The first-order chi connectivity index (χ1) is 9.58. The summed E-state index contributed by atoms with van der Waals surface area (Å²) in [7, 11) is 2.17. The van der Waals surface area contributed by atoms with E-state index < -0.39 is 0 Å². The molecule has 112 valence electrons. The summed E-state index contributed by atoms with van der Waals surface area (Å²) in [4.78, 5) is 2.36. The zero-order valence-electron chi connectivity index (χ0n) is 13.0. The van der Waals surface area contributed by atoms with E-state index in [0.717, 1.165) is 18.1 Å². The van der Waals surface area contributed by atoms with E-state index >= 15 is 0 Å². The van der Waals surface area contributed by atoms with Crippen LogP contribution in [0.5, 0.6) is 0 Å². The monoisotopic (exact) mass is 294 g/mol. The third-order valence-corrected chi connectivity index (χ3v) is 4.45. The van der Waals surface area contributed by atoms with E-state index in [-0.39, 0.29) is 0 Å². The molecule has 20 heavy (non-hydrogen) atoms. The molecule has 0 heterocycles. The molecule has 1 aromatic carbocycles. The Hall–Kier alpha value is -0.730. The van der Waals surface area contributed by atoms with Crippen molar-refractivity contribution in [3.8, 4) is 0 Å². The van der Waals surface area contributed by atoms with Crippen molar-refractivity contribution in [2.45, 2.75) is 52.1 Å². The Balaban J connectivity index is 1.98. The SMILES string of the molecule is CC(C)CNCc1ccc(N(C)C2CCCC2)c(Cl)c1. The van der Waals surface area contributed by atoms with E-state index in [0.29, 0.717) is 12.0 Å². The van der Waals surface area contributed by atoms with Crippen LogP contribution in [0.25, 0.3) is 0 Å². The predicted molar refractivity (Wildman–Crippen MR) is 88.7 cm³/mol. The van der Waals surface area contributed by atoms with Crippen molar-refractivity contribution in [1.29, 1.82) is 0 Å². The van der Waals surface area contributed by atoms with Crippen molar-refractivity contribution in [3.05, 3.63) is 28.8 Å². The second-order valence-corrected chi connectivity index (χ2v) is 6.77. The molecule has 0 unspecified atom stereocenters. The third-order valence-electron chi connectivity index (χ3n) is 4.15. The van der Waals surface area contributed by atoms with Gasteiger partial charge in [-0.15, -0.1) is 0 Å². The molecule has 0 atom stereocenters. The van der Waals surface area contributed by atoms with E-state index in [2.05, 4.69) is 49.3 Å². The molecule has 0 radical (unpaired) electrons. The first-order valence-electron chi connectivity index (χ1n) is 7.80. The van der Waals surface area contributed by atoms with Gasteiger partial charge in [-0.1, -0.05) is 44.4 Å². The molecular weight excluding hydrogens is 268 g/mol. The Bertz CT molecular complexity index is 425. The number of nitrogens with zero attached hydrogens (tertiary/aromatic N) is 1. The number of anilines is 1. The van der Waals surface area contributed by atoms with Crippen LogP contribution in [0.15, 0.2) is 18.2 Å². The fourth-order valence-electron chi connectivity index (χ4n) is 2.94. The van der Waals surface area contributed by atoms with E-state index in [1.165, 1.54) is 36.9 Å². The zero-order valence-corrected chi connectivity index (χ0v) is 13.7. The summed E-state index contributed by atoms with van der Waals surface area (Å²) in [6, 6.07) is 7.14. The minimum Gasteiger partial charge on any atom is -0.370 e. The highest BCUT2D eigenvalue weighted by molar-refractivity contribution is 6.33. The number of halogens is 1. The molecule has 1 fully saturated rings. The van der Waals surface area contributed by atoms with E-state index in [4.69, 9.17) is 11.6 Å². The van der Waals surface area contributed by atoms with Gasteiger partial charge in [0.15, 0.2) is 0 Å². The summed E-state index contributed by atoms with van der Waals surface area (Å²) in [5.41, 5.74) is 2.44. The molecule has 0 aromatic heterocycles. The lowest BCUT2D eigenvalue weighted by Crippen LogP contribution is -2.29. The van der Waals surface area contributed by atoms with Crippen LogP contribution in [0.1, 0.15) is 45.1 Å². The van der Waals surface area contributed by atoms with Crippen LogP contribution in [0.2, 0.25) is 5.02 Å². The first-order valence-corrected chi connectivity index (χ1v) is 8.17. The lowest BCUT2D eigenvalue weighted by atomic mass is 10.1. The van der Waals surface area contributed by atoms with Crippen molar-refractivity contribution in [3.63, 3.8) is 0 Å². The standard InChI is InChI=1S/C17H27ClN2/c1-13(2)11-19-12-14-8-9-17(16(18)10-14)20(3)15-6-4-5-7-15/h8-10,13,15,19H,4-7,11-12H2,1-3H3. The molecule has 0 bridgehead atoms. The molecule has 1 aliphatic rings. The lowest BCUT2D eigenvalue weighted by molar-refractivity contribution is 0.552. The highest BCUT2D eigenvalue weighted by Crippen LogP contribution is 2.32. The largest absolute Gasteiger partial charge is 0.370 e. The van der Waals surface area contributed by atoms with Crippen LogP contribution >= 0.6 is 11.6 Å². The van der Waals surface area contributed by atoms with E-state index in [9.17, 15) is 0 Å². The molecule has 2 rings (SSSR count). The smallest absolute Gasteiger partial charge is 0.0642 e. The van der Waals surface area contributed by atoms with Crippen LogP contribution < -0.4 is 10.2 Å². The quantitative estimate of drug-likeness (QED) is 0.833. The zero-order chi connectivity index (χ0) is 14.5. The minimum absolute atomic E-state index is 0.664. The normalized spacial score (nSPS) is 16.1. The summed E-state index contributed by atoms with van der Waals surface area (Å²) >= 11 is 6.47. The maximum absolute atomic E-state index is 6.47. The van der Waals surface area contributed by atoms with Gasteiger partial charge in [0.05, 0.1) is 10.7 Å². The Kier molecular flexibility index (Phi) is 5.74. The molecule has 0 spiro atoms. The van der Waals surface area contributed by atoms with Crippen LogP contribution in [0.4, 0.5) is 5.69 Å². The average molecular weight is 295 g/mol. The third kappa shape index (κ3) is 4.13. The predicted octanol–water partition coefficient (Wildman–Crippen LogP) is 4.46. The fraction of sp³-hybridized carbons (Fsp3) is 0.647. The van der Waals surface area contributed by atoms with Crippen LogP contribution in [0, 0.1) is 5.92 Å². The van der Waals surface area contributed by atoms with Gasteiger partial charge < -0.3 is 10.2 Å². The van der Waals surface area contributed by atoms with Gasteiger partial charge in [0.2, 0.25) is 0 Å². The number of hydrogen-bond donors (Lipinski definition) is 1. The summed E-state index contributed by atoms with van der Waals surface area (Å²) in [6.45, 7) is 6.38. The molecular formula is C17H27ClN2. The van der Waals surface area contributed by atoms with Gasteiger partial charge in [0, 0.05) is 19.6 Å². The topological polar surface area (TPSA) is 15.3 Å². The number of benzene rings is 1. The highest BCUT2D eigenvalue weighted by Gasteiger charge is 2.21. The minimum atomic E-state index is 0.664. The number of rotatable bonds is 6. The van der Waals surface area contributed by atoms with Gasteiger partial charge >= 0.3 is 0 Å². The second-order valence-electron chi connectivity index (χ2n) is 6.36. The van der Waals surface area contributed by atoms with Crippen molar-refractivity contribution in [2.75, 3.05) is 18.5 Å². The van der Waals surface area contributed by atoms with Gasteiger partial charge in [-0.25, -0.2) is 0 Å². The fourth-order valence-corrected chi connectivity index (χ4v) is 3.28. The Labute approximate surface area is 128 Å². The van der Waals surface area contributed by atoms with Gasteiger partial charge in [-0.05, 0) is 43.0 Å². The molecule has 3 heteroatoms. The van der Waals surface area contributed by atoms with Gasteiger partial charge in [-0.2, -0.15) is 0 Å². The van der Waals surface area contributed by atoms with E-state index in [1.54, 1.807) is 0 Å². The van der Waals surface area contributed by atoms with Crippen molar-refractivity contribution >= 4 is 17.3 Å². The maximum Gasteiger partial charge on any atom is 0.0642 e. The Morgan fingerprint density at radius 1 is 1.30 bits per heavy atom. The first kappa shape index (κ1) is 15.7. The van der Waals surface area contributed by atoms with Gasteiger partial charge in [0.1, 0.15) is 0 Å². The van der Waals surface area contributed by atoms with Crippen molar-refractivity contribution in [1.82, 2.24) is 5.32 Å². The highest BCUT2D eigenvalue weighted by atomic mass is 35.5. The van der Waals surface area contributed by atoms with Crippen LogP contribution in [-0.2, 0) is 6.54 Å². The molecule has 0 aliphatic heterocycles. The molecule has 0 saturated heterocycles. The lowest BCUT2D eigenvalue weighted by Gasteiger charge is -2.27. The molecule has 1 N–H and O–H groups in total. The van der Waals surface area contributed by atoms with E-state index in [1.807, 2.05) is 0 Å². The molecule has 2 nitrogen and oxygen atoms in total. The summed E-state index contributed by atoms with van der Waals surface area (Å²) in [5.74, 6) is 0.679. The van der Waals surface area contributed by atoms with Crippen molar-refractivity contribution in [2.24, 2.45) is 5.92 Å². The van der Waals surface area contributed by atoms with Gasteiger partial charge in [0.25, 0.3) is 0 Å². The maximum atomic E-state index is 6.47. The molecule has 1 aliphatic carbocycles. The Morgan fingerprint density at radius 3 is 2.60 bits per heavy atom. The Morgan fingerprint density at radius 2 is 2.00 bits per heavy atom. The number of nitrogens with one attached hydrogen (secondary N) is 1. The molecule has 1 saturated carbocycles.